The molecule has 0 saturated carbocycles. The Hall–Kier alpha value is -4.93. The number of hydrogen-bond acceptors (Lipinski definition) is 7. The van der Waals surface area contributed by atoms with Crippen LogP contribution in [0.1, 0.15) is 11.1 Å². The fourth-order valence-corrected chi connectivity index (χ4v) is 3.86. The molecule has 0 bridgehead atoms. The molecule has 2 aromatic carbocycles. The van der Waals surface area contributed by atoms with Crippen molar-refractivity contribution in [1.29, 1.82) is 0 Å². The average Bonchev–Trinajstić information content (AvgIpc) is 3.28. The van der Waals surface area contributed by atoms with Gasteiger partial charge in [-0.05, 0) is 42.0 Å². The van der Waals surface area contributed by atoms with Crippen LogP contribution in [-0.4, -0.2) is 24.7 Å². The Morgan fingerprint density at radius 3 is 2.45 bits per heavy atom. The molecule has 0 aliphatic carbocycles. The fourth-order valence-electron chi connectivity index (χ4n) is 3.86. The topological polar surface area (TPSA) is 92.6 Å². The lowest BCUT2D eigenvalue weighted by Crippen LogP contribution is -2.10. The molecule has 0 aliphatic rings. The van der Waals surface area contributed by atoms with E-state index < -0.39 is 11.7 Å². The Labute approximate surface area is 216 Å². The molecule has 3 heterocycles. The zero-order valence-electron chi connectivity index (χ0n) is 20.3. The van der Waals surface area contributed by atoms with E-state index in [2.05, 4.69) is 32.6 Å². The van der Waals surface area contributed by atoms with Gasteiger partial charge in [-0.1, -0.05) is 30.8 Å². The van der Waals surface area contributed by atoms with E-state index in [0.29, 0.717) is 35.3 Å². The van der Waals surface area contributed by atoms with Crippen LogP contribution in [0.5, 0.6) is 0 Å². The largest absolute Gasteiger partial charge is 0.416 e. The van der Waals surface area contributed by atoms with Gasteiger partial charge < -0.3 is 16.0 Å². The Bertz CT molecular complexity index is 1600. The maximum atomic E-state index is 13.0. The smallest absolute Gasteiger partial charge is 0.365 e. The molecular weight excluding hydrogens is 493 g/mol. The second kappa shape index (κ2) is 10.2. The van der Waals surface area contributed by atoms with Crippen molar-refractivity contribution >= 4 is 28.2 Å². The van der Waals surface area contributed by atoms with Crippen LogP contribution in [0, 0.1) is 0 Å². The van der Waals surface area contributed by atoms with Crippen molar-refractivity contribution in [2.75, 3.05) is 16.0 Å². The van der Waals surface area contributed by atoms with Gasteiger partial charge in [0.1, 0.15) is 11.6 Å². The molecule has 0 radical (unpaired) electrons. The first-order chi connectivity index (χ1) is 18.3. The number of fused-ring (bicyclic) bond motifs is 1. The molecule has 192 valence electrons. The van der Waals surface area contributed by atoms with E-state index in [9.17, 15) is 13.2 Å². The van der Waals surface area contributed by atoms with Crippen LogP contribution >= 0.6 is 0 Å². The summed E-state index contributed by atoms with van der Waals surface area (Å²) in [5.74, 6) is 1.43. The predicted octanol–water partition coefficient (Wildman–Crippen LogP) is 6.05. The van der Waals surface area contributed by atoms with Crippen molar-refractivity contribution in [2.45, 2.75) is 12.7 Å². The molecule has 0 unspecified atom stereocenters. The van der Waals surface area contributed by atoms with E-state index >= 15 is 0 Å². The van der Waals surface area contributed by atoms with E-state index in [1.165, 1.54) is 12.1 Å². The van der Waals surface area contributed by atoms with Crippen LogP contribution in [-0.2, 0) is 19.8 Å². The monoisotopic (exact) mass is 516 g/mol. The van der Waals surface area contributed by atoms with Crippen LogP contribution in [0.4, 0.5) is 30.4 Å². The minimum Gasteiger partial charge on any atom is -0.365 e. The molecule has 3 aromatic heterocycles. The highest BCUT2D eigenvalue weighted by atomic mass is 19.4. The molecule has 0 spiro atoms. The summed E-state index contributed by atoms with van der Waals surface area (Å²) in [6.45, 7) is 4.42. The lowest BCUT2D eigenvalue weighted by atomic mass is 10.1. The fraction of sp³-hybridized carbons (Fsp3) is 0.111. The molecule has 11 heteroatoms. The number of aryl methyl sites for hydroxylation is 1. The van der Waals surface area contributed by atoms with Gasteiger partial charge in [0, 0.05) is 42.9 Å². The molecule has 0 atom stereocenters. The van der Waals surface area contributed by atoms with Crippen LogP contribution in [0.25, 0.3) is 22.4 Å². The number of benzene rings is 2. The van der Waals surface area contributed by atoms with Crippen LogP contribution in [0.3, 0.4) is 0 Å². The van der Waals surface area contributed by atoms with E-state index in [1.54, 1.807) is 23.3 Å². The van der Waals surface area contributed by atoms with Gasteiger partial charge >= 0.3 is 6.18 Å². The Morgan fingerprint density at radius 2 is 1.71 bits per heavy atom. The average molecular weight is 517 g/mol. The number of aromatic nitrogens is 5. The third-order valence-corrected chi connectivity index (χ3v) is 5.68. The molecule has 0 saturated heterocycles. The number of rotatable bonds is 8. The van der Waals surface area contributed by atoms with Crippen molar-refractivity contribution in [3.63, 3.8) is 0 Å². The van der Waals surface area contributed by atoms with Gasteiger partial charge in [-0.2, -0.15) is 18.3 Å². The zero-order valence-corrected chi connectivity index (χ0v) is 20.3. The highest BCUT2D eigenvalue weighted by Gasteiger charge is 2.30. The maximum absolute atomic E-state index is 13.0. The summed E-state index contributed by atoms with van der Waals surface area (Å²) in [6.07, 6.45) is 0.787. The number of hydrogen-bond donors (Lipinski definition) is 3. The molecule has 8 nitrogen and oxygen atoms in total. The first-order valence-corrected chi connectivity index (χ1v) is 11.6. The summed E-state index contributed by atoms with van der Waals surface area (Å²) < 4.78 is 40.8. The molecule has 0 amide bonds. The van der Waals surface area contributed by atoms with Gasteiger partial charge in [-0.15, -0.1) is 0 Å². The van der Waals surface area contributed by atoms with Gasteiger partial charge in [0.15, 0.2) is 11.5 Å². The van der Waals surface area contributed by atoms with Crippen molar-refractivity contribution in [3.8, 4) is 11.4 Å². The lowest BCUT2D eigenvalue weighted by Gasteiger charge is -2.15. The van der Waals surface area contributed by atoms with Crippen LogP contribution in [0.15, 0.2) is 91.7 Å². The first-order valence-electron chi connectivity index (χ1n) is 11.6. The molecule has 0 aliphatic heterocycles. The van der Waals surface area contributed by atoms with Crippen molar-refractivity contribution in [2.24, 2.45) is 7.05 Å². The van der Waals surface area contributed by atoms with E-state index in [4.69, 9.17) is 9.97 Å². The van der Waals surface area contributed by atoms with E-state index in [0.717, 1.165) is 28.6 Å². The third-order valence-electron chi connectivity index (χ3n) is 5.68. The van der Waals surface area contributed by atoms with Crippen molar-refractivity contribution in [3.05, 3.63) is 103 Å². The lowest BCUT2D eigenvalue weighted by molar-refractivity contribution is -0.137. The first kappa shape index (κ1) is 24.8. The highest BCUT2D eigenvalue weighted by Crippen LogP contribution is 2.31. The number of nitrogens with one attached hydrogen (secondary N) is 3. The van der Waals surface area contributed by atoms with Gasteiger partial charge in [0.2, 0.25) is 0 Å². The van der Waals surface area contributed by atoms with E-state index in [1.807, 2.05) is 43.4 Å². The number of halogens is 3. The summed E-state index contributed by atoms with van der Waals surface area (Å²) >= 11 is 0. The zero-order chi connectivity index (χ0) is 26.7. The summed E-state index contributed by atoms with van der Waals surface area (Å²) in [4.78, 5) is 13.6. The molecular formula is C27H23F3N8. The normalized spacial score (nSPS) is 11.4. The SMILES string of the molecule is C=C(Nc1cccc(-c2nc(NCc3cccnc3)c3cnn(C)c3n2)c1)Nc1cccc(C(F)(F)F)c1. The van der Waals surface area contributed by atoms with Crippen LogP contribution in [0.2, 0.25) is 0 Å². The highest BCUT2D eigenvalue weighted by molar-refractivity contribution is 5.88. The Morgan fingerprint density at radius 1 is 0.947 bits per heavy atom. The molecule has 3 N–H and O–H groups in total. The third kappa shape index (κ3) is 5.56. The standard InChI is InChI=1S/C27H23F3N8/c1-17(35-22-10-4-8-20(13-22)27(28,29)30)34-21-9-3-7-19(12-21)24-36-25(23-16-33-38(2)26(23)37-24)32-15-18-6-5-11-31-14-18/h3-14,16,34-35H,1,15H2,2H3,(H,32,36,37). The second-order valence-corrected chi connectivity index (χ2v) is 8.50. The summed E-state index contributed by atoms with van der Waals surface area (Å²) in [5, 5.41) is 14.4. The van der Waals surface area contributed by atoms with Crippen molar-refractivity contribution in [1.82, 2.24) is 24.7 Å². The Balaban J connectivity index is 1.37. The van der Waals surface area contributed by atoms with Gasteiger partial charge in [0.25, 0.3) is 0 Å². The number of pyridine rings is 1. The molecule has 5 rings (SSSR count). The van der Waals surface area contributed by atoms with E-state index in [-0.39, 0.29) is 5.69 Å². The molecule has 0 fully saturated rings. The predicted molar refractivity (Wildman–Crippen MR) is 141 cm³/mol. The summed E-state index contributed by atoms with van der Waals surface area (Å²) in [5.41, 5.74) is 2.58. The van der Waals surface area contributed by atoms with Gasteiger partial charge in [-0.25, -0.2) is 9.97 Å². The number of anilines is 3. The number of nitrogens with zero attached hydrogens (tertiary/aromatic N) is 5. The Kier molecular flexibility index (Phi) is 6.65. The van der Waals surface area contributed by atoms with Crippen LogP contribution < -0.4 is 16.0 Å². The van der Waals surface area contributed by atoms with Gasteiger partial charge in [0.05, 0.1) is 17.1 Å². The molecule has 5 aromatic rings. The molecule has 38 heavy (non-hydrogen) atoms. The minimum atomic E-state index is -4.43. The minimum absolute atomic E-state index is 0.266. The summed E-state index contributed by atoms with van der Waals surface area (Å²) in [6, 6.07) is 16.1. The quantitative estimate of drug-likeness (QED) is 0.231. The van der Waals surface area contributed by atoms with Crippen molar-refractivity contribution < 1.29 is 13.2 Å². The second-order valence-electron chi connectivity index (χ2n) is 8.50. The summed E-state index contributed by atoms with van der Waals surface area (Å²) in [7, 11) is 1.81. The van der Waals surface area contributed by atoms with Gasteiger partial charge in [-0.3, -0.25) is 9.67 Å². The number of alkyl halides is 3. The maximum Gasteiger partial charge on any atom is 0.416 e.